The molecule has 0 saturated carbocycles. The number of amides is 2. The quantitative estimate of drug-likeness (QED) is 0.752. The molecule has 0 aromatic heterocycles. The second-order valence-electron chi connectivity index (χ2n) is 5.35. The average Bonchev–Trinajstić information content (AvgIpc) is 2.53. The van der Waals surface area contributed by atoms with Gasteiger partial charge in [-0.15, -0.1) is 0 Å². The molecule has 1 aromatic rings. The number of ether oxygens (including phenoxy) is 1. The minimum absolute atomic E-state index is 0.0498. The summed E-state index contributed by atoms with van der Waals surface area (Å²) >= 11 is 0. The van der Waals surface area contributed by atoms with Crippen molar-refractivity contribution in [2.24, 2.45) is 0 Å². The number of hydrogen-bond acceptors (Lipinski definition) is 4. The first-order chi connectivity index (χ1) is 11.3. The molecule has 2 rings (SSSR count). The Morgan fingerprint density at radius 1 is 1.25 bits per heavy atom. The van der Waals surface area contributed by atoms with E-state index in [-0.39, 0.29) is 23.9 Å². The molecule has 1 saturated heterocycles. The molecule has 1 heterocycles. The van der Waals surface area contributed by atoms with Crippen LogP contribution in [0.2, 0.25) is 0 Å². The molecule has 0 spiro atoms. The van der Waals surface area contributed by atoms with Gasteiger partial charge in [-0.1, -0.05) is 0 Å². The zero-order valence-corrected chi connectivity index (χ0v) is 12.8. The molecule has 1 aromatic carbocycles. The molecule has 0 aliphatic carbocycles. The van der Waals surface area contributed by atoms with Crippen molar-refractivity contribution < 1.29 is 27.5 Å². The van der Waals surface area contributed by atoms with Gasteiger partial charge in [-0.3, -0.25) is 9.59 Å². The van der Waals surface area contributed by atoms with Gasteiger partial charge in [0.15, 0.2) is 0 Å². The van der Waals surface area contributed by atoms with E-state index in [0.717, 1.165) is 0 Å². The zero-order chi connectivity index (χ0) is 17.6. The molecule has 3 N–H and O–H groups in total. The van der Waals surface area contributed by atoms with Crippen LogP contribution >= 0.6 is 0 Å². The van der Waals surface area contributed by atoms with E-state index >= 15 is 0 Å². The van der Waals surface area contributed by atoms with E-state index in [2.05, 4.69) is 10.6 Å². The standard InChI is InChI=1S/C15H18F3N3O3/c16-15(17,18)9-20-14(23)10-1-3-11(4-2-10)21-13(22)7-12-8-24-6-5-19-12/h1-4,12,19H,5-9H2,(H,20,23)(H,21,22). The van der Waals surface area contributed by atoms with E-state index in [1.54, 1.807) is 5.32 Å². The Hall–Kier alpha value is -2.13. The Balaban J connectivity index is 1.82. The monoisotopic (exact) mass is 345 g/mol. The third-order valence-electron chi connectivity index (χ3n) is 3.31. The number of hydrogen-bond donors (Lipinski definition) is 3. The first-order valence-corrected chi connectivity index (χ1v) is 7.39. The van der Waals surface area contributed by atoms with Crippen LogP contribution in [0.5, 0.6) is 0 Å². The lowest BCUT2D eigenvalue weighted by atomic mass is 10.1. The molecule has 1 aliphatic heterocycles. The van der Waals surface area contributed by atoms with E-state index in [1.807, 2.05) is 0 Å². The fourth-order valence-electron chi connectivity index (χ4n) is 2.17. The zero-order valence-electron chi connectivity index (χ0n) is 12.8. The minimum atomic E-state index is -4.46. The van der Waals surface area contributed by atoms with E-state index in [9.17, 15) is 22.8 Å². The van der Waals surface area contributed by atoms with Crippen molar-refractivity contribution in [3.63, 3.8) is 0 Å². The molecule has 6 nitrogen and oxygen atoms in total. The Morgan fingerprint density at radius 2 is 1.96 bits per heavy atom. The average molecular weight is 345 g/mol. The molecule has 1 aliphatic rings. The topological polar surface area (TPSA) is 79.5 Å². The van der Waals surface area contributed by atoms with Crippen molar-refractivity contribution in [2.75, 3.05) is 31.6 Å². The maximum Gasteiger partial charge on any atom is 0.405 e. The fraction of sp³-hybridized carbons (Fsp3) is 0.467. The number of alkyl halides is 3. The van der Waals surface area contributed by atoms with Crippen LogP contribution in [0.25, 0.3) is 0 Å². The van der Waals surface area contributed by atoms with Crippen LogP contribution in [-0.4, -0.2) is 50.3 Å². The summed E-state index contributed by atoms with van der Waals surface area (Å²) in [5.41, 5.74) is 0.545. The highest BCUT2D eigenvalue weighted by Gasteiger charge is 2.27. The van der Waals surface area contributed by atoms with Crippen molar-refractivity contribution in [3.05, 3.63) is 29.8 Å². The summed E-state index contributed by atoms with van der Waals surface area (Å²) in [6.07, 6.45) is -4.21. The summed E-state index contributed by atoms with van der Waals surface area (Å²) in [7, 11) is 0. The number of carbonyl (C=O) groups is 2. The Morgan fingerprint density at radius 3 is 2.54 bits per heavy atom. The van der Waals surface area contributed by atoms with Gasteiger partial charge in [0.1, 0.15) is 6.54 Å². The van der Waals surface area contributed by atoms with Gasteiger partial charge in [0, 0.05) is 30.3 Å². The lowest BCUT2D eigenvalue weighted by molar-refractivity contribution is -0.123. The van der Waals surface area contributed by atoms with Crippen molar-refractivity contribution in [3.8, 4) is 0 Å². The van der Waals surface area contributed by atoms with Gasteiger partial charge < -0.3 is 20.7 Å². The summed E-state index contributed by atoms with van der Waals surface area (Å²) in [5, 5.41) is 7.60. The van der Waals surface area contributed by atoms with E-state index in [0.29, 0.717) is 25.4 Å². The third-order valence-corrected chi connectivity index (χ3v) is 3.31. The number of benzene rings is 1. The summed E-state index contributed by atoms with van der Waals surface area (Å²) in [5.74, 6) is -1.04. The van der Waals surface area contributed by atoms with Crippen molar-refractivity contribution >= 4 is 17.5 Å². The van der Waals surface area contributed by atoms with Gasteiger partial charge in [0.25, 0.3) is 5.91 Å². The second kappa shape index (κ2) is 8.11. The molecule has 2 amide bonds. The van der Waals surface area contributed by atoms with Gasteiger partial charge in [-0.05, 0) is 24.3 Å². The van der Waals surface area contributed by atoms with E-state index < -0.39 is 18.6 Å². The van der Waals surface area contributed by atoms with Crippen molar-refractivity contribution in [1.29, 1.82) is 0 Å². The van der Waals surface area contributed by atoms with Crippen LogP contribution in [0.15, 0.2) is 24.3 Å². The Bertz CT molecular complexity index is 570. The molecule has 0 radical (unpaired) electrons. The highest BCUT2D eigenvalue weighted by atomic mass is 19.4. The highest BCUT2D eigenvalue weighted by molar-refractivity contribution is 5.95. The number of halogens is 3. The van der Waals surface area contributed by atoms with Crippen LogP contribution in [0.4, 0.5) is 18.9 Å². The SMILES string of the molecule is O=C(CC1COCCN1)Nc1ccc(C(=O)NCC(F)(F)F)cc1. The molecule has 1 atom stereocenters. The van der Waals surface area contributed by atoms with Gasteiger partial charge in [0.05, 0.1) is 13.2 Å². The smallest absolute Gasteiger partial charge is 0.378 e. The lowest BCUT2D eigenvalue weighted by Gasteiger charge is -2.23. The van der Waals surface area contributed by atoms with Crippen LogP contribution in [0, 0.1) is 0 Å². The van der Waals surface area contributed by atoms with Gasteiger partial charge >= 0.3 is 6.18 Å². The highest BCUT2D eigenvalue weighted by Crippen LogP contribution is 2.14. The predicted molar refractivity (Wildman–Crippen MR) is 80.7 cm³/mol. The normalized spacial score (nSPS) is 18.0. The minimum Gasteiger partial charge on any atom is -0.378 e. The Kier molecular flexibility index (Phi) is 6.16. The summed E-state index contributed by atoms with van der Waals surface area (Å²) in [4.78, 5) is 23.5. The molecule has 9 heteroatoms. The first-order valence-electron chi connectivity index (χ1n) is 7.39. The Labute approximate surface area is 136 Å². The van der Waals surface area contributed by atoms with Crippen LogP contribution in [0.1, 0.15) is 16.8 Å². The molecule has 1 fully saturated rings. The van der Waals surface area contributed by atoms with Gasteiger partial charge in [0.2, 0.25) is 5.91 Å². The first kappa shape index (κ1) is 18.2. The molecular weight excluding hydrogens is 327 g/mol. The largest absolute Gasteiger partial charge is 0.405 e. The van der Waals surface area contributed by atoms with E-state index in [1.165, 1.54) is 24.3 Å². The number of morpholine rings is 1. The maximum atomic E-state index is 12.1. The van der Waals surface area contributed by atoms with Crippen LogP contribution in [0.3, 0.4) is 0 Å². The predicted octanol–water partition coefficient (Wildman–Crippen LogP) is 1.30. The lowest BCUT2D eigenvalue weighted by Crippen LogP contribution is -2.43. The summed E-state index contributed by atoms with van der Waals surface area (Å²) in [6.45, 7) is 0.391. The van der Waals surface area contributed by atoms with Crippen molar-refractivity contribution in [2.45, 2.75) is 18.6 Å². The number of rotatable bonds is 5. The summed E-state index contributed by atoms with van der Waals surface area (Å²) < 4.78 is 41.4. The molecule has 24 heavy (non-hydrogen) atoms. The van der Waals surface area contributed by atoms with Crippen molar-refractivity contribution in [1.82, 2.24) is 10.6 Å². The maximum absolute atomic E-state index is 12.1. The summed E-state index contributed by atoms with van der Waals surface area (Å²) in [6, 6.07) is 5.58. The number of carbonyl (C=O) groups excluding carboxylic acids is 2. The van der Waals surface area contributed by atoms with Crippen LogP contribution < -0.4 is 16.0 Å². The second-order valence-corrected chi connectivity index (χ2v) is 5.35. The number of anilines is 1. The fourth-order valence-corrected chi connectivity index (χ4v) is 2.17. The molecular formula is C15H18F3N3O3. The van der Waals surface area contributed by atoms with Gasteiger partial charge in [-0.25, -0.2) is 0 Å². The molecule has 1 unspecified atom stereocenters. The van der Waals surface area contributed by atoms with E-state index in [4.69, 9.17) is 4.74 Å². The third kappa shape index (κ3) is 6.17. The van der Waals surface area contributed by atoms with Gasteiger partial charge in [-0.2, -0.15) is 13.2 Å². The molecule has 132 valence electrons. The number of nitrogens with one attached hydrogen (secondary N) is 3. The van der Waals surface area contributed by atoms with Crippen LogP contribution in [-0.2, 0) is 9.53 Å². The molecule has 0 bridgehead atoms.